The van der Waals surface area contributed by atoms with E-state index >= 15 is 0 Å². The zero-order valence-electron chi connectivity index (χ0n) is 10.6. The van der Waals surface area contributed by atoms with Crippen LogP contribution in [0.15, 0.2) is 47.4 Å². The van der Waals surface area contributed by atoms with Crippen LogP contribution in [0.5, 0.6) is 5.75 Å². The Morgan fingerprint density at radius 1 is 1.06 bits per heavy atom. The van der Waals surface area contributed by atoms with E-state index in [1.165, 1.54) is 16.3 Å². The fraction of sp³-hybridized carbons (Fsp3) is 0.200. The SMILES string of the molecule is Cc1cccc([Si]CSc2ccccc2O)c1C. The number of rotatable bonds is 4. The molecular formula is C15H16OSSi. The lowest BCUT2D eigenvalue weighted by atomic mass is 10.1. The number of hydrogen-bond acceptors (Lipinski definition) is 2. The number of phenols is 1. The van der Waals surface area contributed by atoms with Crippen molar-refractivity contribution >= 4 is 26.5 Å². The smallest absolute Gasteiger partial charge is 0.129 e. The van der Waals surface area contributed by atoms with E-state index in [1.54, 1.807) is 17.8 Å². The largest absolute Gasteiger partial charge is 0.507 e. The summed E-state index contributed by atoms with van der Waals surface area (Å²) in [5, 5.41) is 12.1. The minimum atomic E-state index is 0.383. The van der Waals surface area contributed by atoms with Crippen LogP contribution in [0.4, 0.5) is 0 Å². The molecule has 0 aliphatic carbocycles. The van der Waals surface area contributed by atoms with Crippen molar-refractivity contribution in [1.82, 2.24) is 0 Å². The third-order valence-corrected chi connectivity index (χ3v) is 5.69. The molecule has 2 radical (unpaired) electrons. The van der Waals surface area contributed by atoms with Crippen LogP contribution in [-0.4, -0.2) is 20.0 Å². The molecule has 2 aromatic rings. The Balaban J connectivity index is 1.97. The molecule has 92 valence electrons. The van der Waals surface area contributed by atoms with Crippen LogP contribution in [0.2, 0.25) is 0 Å². The minimum absolute atomic E-state index is 0.383. The van der Waals surface area contributed by atoms with E-state index in [-0.39, 0.29) is 0 Å². The Labute approximate surface area is 115 Å². The Morgan fingerprint density at radius 2 is 1.83 bits per heavy atom. The second-order valence-electron chi connectivity index (χ2n) is 4.18. The van der Waals surface area contributed by atoms with Crippen LogP contribution in [0.25, 0.3) is 0 Å². The van der Waals surface area contributed by atoms with E-state index in [4.69, 9.17) is 0 Å². The molecule has 0 unspecified atom stereocenters. The van der Waals surface area contributed by atoms with E-state index in [0.717, 1.165) is 19.8 Å². The van der Waals surface area contributed by atoms with E-state index < -0.39 is 0 Å². The first-order valence-electron chi connectivity index (χ1n) is 5.89. The second-order valence-corrected chi connectivity index (χ2v) is 6.96. The number of hydrogen-bond donors (Lipinski definition) is 1. The maximum Gasteiger partial charge on any atom is 0.129 e. The average molecular weight is 272 g/mol. The van der Waals surface area contributed by atoms with E-state index in [9.17, 15) is 5.11 Å². The minimum Gasteiger partial charge on any atom is -0.507 e. The molecule has 2 rings (SSSR count). The second kappa shape index (κ2) is 6.11. The predicted molar refractivity (Wildman–Crippen MR) is 80.1 cm³/mol. The lowest BCUT2D eigenvalue weighted by Crippen LogP contribution is -2.20. The zero-order chi connectivity index (χ0) is 13.0. The number of thioether (sulfide) groups is 1. The molecular weight excluding hydrogens is 256 g/mol. The van der Waals surface area contributed by atoms with E-state index in [0.29, 0.717) is 5.75 Å². The third kappa shape index (κ3) is 3.18. The molecule has 0 atom stereocenters. The molecule has 3 heteroatoms. The van der Waals surface area contributed by atoms with Crippen molar-refractivity contribution in [3.8, 4) is 5.75 Å². The first-order chi connectivity index (χ1) is 8.68. The molecule has 0 aliphatic heterocycles. The number of aromatic hydroxyl groups is 1. The maximum atomic E-state index is 9.69. The van der Waals surface area contributed by atoms with Gasteiger partial charge in [-0.2, -0.15) is 0 Å². The number of para-hydroxylation sites is 1. The Morgan fingerprint density at radius 3 is 2.61 bits per heavy atom. The summed E-state index contributed by atoms with van der Waals surface area (Å²) < 4.78 is 0. The number of phenolic OH excluding ortho intramolecular Hbond substituents is 1. The highest BCUT2D eigenvalue weighted by Crippen LogP contribution is 2.26. The fourth-order valence-electron chi connectivity index (χ4n) is 1.71. The highest BCUT2D eigenvalue weighted by Gasteiger charge is 2.04. The van der Waals surface area contributed by atoms with Crippen molar-refractivity contribution < 1.29 is 5.11 Å². The Hall–Kier alpha value is -1.19. The molecule has 2 aromatic carbocycles. The molecule has 0 fully saturated rings. The van der Waals surface area contributed by atoms with Gasteiger partial charge in [-0.25, -0.2) is 0 Å². The summed E-state index contributed by atoms with van der Waals surface area (Å²) in [7, 11) is 0.773. The predicted octanol–water partition coefficient (Wildman–Crippen LogP) is 3.09. The van der Waals surface area contributed by atoms with Crippen LogP contribution in [0.3, 0.4) is 0 Å². The lowest BCUT2D eigenvalue weighted by molar-refractivity contribution is 0.462. The molecule has 0 aliphatic rings. The van der Waals surface area contributed by atoms with Crippen molar-refractivity contribution in [2.45, 2.75) is 18.7 Å². The average Bonchev–Trinajstić information content (AvgIpc) is 2.37. The molecule has 1 nitrogen and oxygen atoms in total. The van der Waals surface area contributed by atoms with Gasteiger partial charge < -0.3 is 5.11 Å². The standard InChI is InChI=1S/C15H16OSSi/c1-11-6-5-9-15(12(11)2)18-10-17-14-8-4-3-7-13(14)16/h3-9,16H,10H2,1-2H3. The summed E-state index contributed by atoms with van der Waals surface area (Å²) in [5.41, 5.74) is 2.75. The summed E-state index contributed by atoms with van der Waals surface area (Å²) in [6.07, 6.45) is 0. The molecule has 0 saturated carbocycles. The van der Waals surface area contributed by atoms with Crippen LogP contribution < -0.4 is 5.19 Å². The van der Waals surface area contributed by atoms with Gasteiger partial charge in [-0.15, -0.1) is 11.8 Å². The lowest BCUT2D eigenvalue weighted by Gasteiger charge is -2.08. The van der Waals surface area contributed by atoms with Gasteiger partial charge in [-0.05, 0) is 42.5 Å². The first kappa shape index (κ1) is 13.2. The molecule has 0 aromatic heterocycles. The van der Waals surface area contributed by atoms with Gasteiger partial charge in [0.1, 0.15) is 5.75 Å². The van der Waals surface area contributed by atoms with Gasteiger partial charge in [0.25, 0.3) is 0 Å². The van der Waals surface area contributed by atoms with Gasteiger partial charge in [0.15, 0.2) is 0 Å². The van der Waals surface area contributed by atoms with E-state index in [2.05, 4.69) is 32.0 Å². The normalized spacial score (nSPS) is 10.6. The molecule has 0 spiro atoms. The van der Waals surface area contributed by atoms with Crippen molar-refractivity contribution in [2.24, 2.45) is 0 Å². The molecule has 0 bridgehead atoms. The van der Waals surface area contributed by atoms with E-state index in [1.807, 2.05) is 18.2 Å². The van der Waals surface area contributed by atoms with Crippen LogP contribution >= 0.6 is 11.8 Å². The Bertz CT molecular complexity index is 540. The van der Waals surface area contributed by atoms with Gasteiger partial charge in [-0.1, -0.05) is 35.5 Å². The highest BCUT2D eigenvalue weighted by atomic mass is 32.2. The van der Waals surface area contributed by atoms with Gasteiger partial charge >= 0.3 is 0 Å². The molecule has 0 saturated heterocycles. The quantitative estimate of drug-likeness (QED) is 0.682. The van der Waals surface area contributed by atoms with Crippen LogP contribution in [-0.2, 0) is 0 Å². The van der Waals surface area contributed by atoms with Crippen molar-refractivity contribution in [1.29, 1.82) is 0 Å². The highest BCUT2D eigenvalue weighted by molar-refractivity contribution is 8.00. The molecule has 0 heterocycles. The van der Waals surface area contributed by atoms with Gasteiger partial charge in [-0.3, -0.25) is 0 Å². The summed E-state index contributed by atoms with van der Waals surface area (Å²) in [6, 6.07) is 14.0. The Kier molecular flexibility index (Phi) is 4.50. The van der Waals surface area contributed by atoms with Crippen molar-refractivity contribution in [3.63, 3.8) is 0 Å². The van der Waals surface area contributed by atoms with Crippen LogP contribution in [0, 0.1) is 13.8 Å². The van der Waals surface area contributed by atoms with Crippen LogP contribution in [0.1, 0.15) is 11.1 Å². The summed E-state index contributed by atoms with van der Waals surface area (Å²) in [6.45, 7) is 4.34. The summed E-state index contributed by atoms with van der Waals surface area (Å²) in [5.74, 6) is 0.383. The van der Waals surface area contributed by atoms with Gasteiger partial charge in [0.05, 0.1) is 9.52 Å². The van der Waals surface area contributed by atoms with Gasteiger partial charge in [0, 0.05) is 4.90 Å². The molecule has 18 heavy (non-hydrogen) atoms. The summed E-state index contributed by atoms with van der Waals surface area (Å²) in [4.78, 5) is 0.968. The first-order valence-corrected chi connectivity index (χ1v) is 8.08. The fourth-order valence-corrected chi connectivity index (χ4v) is 4.31. The van der Waals surface area contributed by atoms with Gasteiger partial charge in [0.2, 0.25) is 0 Å². The number of benzene rings is 2. The molecule has 1 N–H and O–H groups in total. The van der Waals surface area contributed by atoms with Crippen molar-refractivity contribution in [2.75, 3.05) is 5.38 Å². The monoisotopic (exact) mass is 272 g/mol. The zero-order valence-corrected chi connectivity index (χ0v) is 12.4. The van der Waals surface area contributed by atoms with Crippen molar-refractivity contribution in [3.05, 3.63) is 53.6 Å². The molecule has 0 amide bonds. The maximum absolute atomic E-state index is 9.69. The summed E-state index contributed by atoms with van der Waals surface area (Å²) >= 11 is 1.72. The topological polar surface area (TPSA) is 20.2 Å². The number of aryl methyl sites for hydroxylation is 1. The third-order valence-electron chi connectivity index (χ3n) is 2.96.